The molecule has 1 heterocycles. The number of hydrogen-bond donors (Lipinski definition) is 2. The van der Waals surface area contributed by atoms with Crippen molar-refractivity contribution in [3.05, 3.63) is 95.1 Å². The van der Waals surface area contributed by atoms with E-state index in [0.717, 1.165) is 37.0 Å². The maximum absolute atomic E-state index is 13.2. The first kappa shape index (κ1) is 29.6. The summed E-state index contributed by atoms with van der Waals surface area (Å²) in [6.07, 6.45) is 5.34. The van der Waals surface area contributed by atoms with Gasteiger partial charge >= 0.3 is 11.9 Å². The number of carboxylic acids is 2. The zero-order valence-electron chi connectivity index (χ0n) is 23.2. The predicted molar refractivity (Wildman–Crippen MR) is 155 cm³/mol. The number of aliphatic carboxylic acids is 1. The van der Waals surface area contributed by atoms with Gasteiger partial charge in [0.05, 0.1) is 30.3 Å². The summed E-state index contributed by atoms with van der Waals surface area (Å²) in [5.41, 5.74) is 2.67. The Balaban J connectivity index is 1.23. The van der Waals surface area contributed by atoms with E-state index >= 15 is 0 Å². The van der Waals surface area contributed by atoms with Gasteiger partial charge in [-0.1, -0.05) is 42.5 Å². The zero-order valence-corrected chi connectivity index (χ0v) is 23.2. The first-order chi connectivity index (χ1) is 19.9. The van der Waals surface area contributed by atoms with Gasteiger partial charge in [0, 0.05) is 13.1 Å². The summed E-state index contributed by atoms with van der Waals surface area (Å²) in [5.74, 6) is -1.62. The van der Waals surface area contributed by atoms with Gasteiger partial charge in [0.25, 0.3) is 5.91 Å². The van der Waals surface area contributed by atoms with E-state index in [0.29, 0.717) is 51.3 Å². The quantitative estimate of drug-likeness (QED) is 0.242. The minimum atomic E-state index is -1.13. The van der Waals surface area contributed by atoms with E-state index in [-0.39, 0.29) is 17.0 Å². The molecule has 1 fully saturated rings. The van der Waals surface area contributed by atoms with Crippen LogP contribution in [0.3, 0.4) is 0 Å². The molecule has 0 spiro atoms. The van der Waals surface area contributed by atoms with Gasteiger partial charge in [0.2, 0.25) is 0 Å². The predicted octanol–water partition coefficient (Wildman–Crippen LogP) is 5.73. The summed E-state index contributed by atoms with van der Waals surface area (Å²) in [7, 11) is 0. The summed E-state index contributed by atoms with van der Waals surface area (Å²) in [6, 6.07) is 22.8. The molecule has 41 heavy (non-hydrogen) atoms. The van der Waals surface area contributed by atoms with Crippen LogP contribution in [0.25, 0.3) is 0 Å². The van der Waals surface area contributed by atoms with Crippen molar-refractivity contribution in [2.24, 2.45) is 5.92 Å². The normalized spacial score (nSPS) is 13.5. The van der Waals surface area contributed by atoms with E-state index in [9.17, 15) is 24.6 Å². The van der Waals surface area contributed by atoms with Crippen molar-refractivity contribution in [2.75, 3.05) is 26.3 Å². The largest absolute Gasteiger partial charge is 0.494 e. The Morgan fingerprint density at radius 2 is 1.41 bits per heavy atom. The number of carboxylic acid groups (broad SMARTS) is 2. The minimum absolute atomic E-state index is 0.000347. The van der Waals surface area contributed by atoms with Gasteiger partial charge in [-0.05, 0) is 86.4 Å². The van der Waals surface area contributed by atoms with E-state index in [1.54, 1.807) is 4.90 Å². The second-order valence-corrected chi connectivity index (χ2v) is 10.3. The van der Waals surface area contributed by atoms with Gasteiger partial charge in [0.15, 0.2) is 0 Å². The lowest BCUT2D eigenvalue weighted by molar-refractivity contribution is -0.143. The molecule has 0 saturated carbocycles. The molecule has 3 aromatic rings. The number of carbonyl (C=O) groups is 3. The van der Waals surface area contributed by atoms with Crippen LogP contribution in [-0.2, 0) is 17.6 Å². The molecule has 8 heteroatoms. The molecule has 3 aromatic carbocycles. The number of aromatic carboxylic acids is 1. The molecule has 1 amide bonds. The van der Waals surface area contributed by atoms with Crippen molar-refractivity contribution in [3.8, 4) is 11.5 Å². The van der Waals surface area contributed by atoms with Crippen LogP contribution in [0.4, 0.5) is 0 Å². The third-order valence-corrected chi connectivity index (χ3v) is 7.35. The standard InChI is InChI=1S/C33H37NO7/c35-31(34-19-17-26(18-20-34)32(36)37)29-23-27(33(38)39)13-16-30(29)41-22-6-10-25-11-14-28(15-12-25)40-21-5-4-9-24-7-2-1-3-8-24/h1-3,7-8,11-16,23,26H,4-6,9-10,17-22H2,(H,36,37)(H,38,39). The van der Waals surface area contributed by atoms with Crippen molar-refractivity contribution in [3.63, 3.8) is 0 Å². The SMILES string of the molecule is O=C(O)c1ccc(OCCCc2ccc(OCCCCc3ccccc3)cc2)c(C(=O)N2CCC(C(=O)O)CC2)c1. The average molecular weight is 560 g/mol. The van der Waals surface area contributed by atoms with Crippen LogP contribution in [0.2, 0.25) is 0 Å². The number of amides is 1. The maximum Gasteiger partial charge on any atom is 0.335 e. The van der Waals surface area contributed by atoms with Crippen molar-refractivity contribution in [2.45, 2.75) is 44.9 Å². The summed E-state index contributed by atoms with van der Waals surface area (Å²) in [6.45, 7) is 1.65. The van der Waals surface area contributed by atoms with Gasteiger partial charge in [-0.15, -0.1) is 0 Å². The Kier molecular flexibility index (Phi) is 10.8. The van der Waals surface area contributed by atoms with Crippen LogP contribution >= 0.6 is 0 Å². The van der Waals surface area contributed by atoms with Crippen molar-refractivity contribution < 1.29 is 34.1 Å². The molecule has 8 nitrogen and oxygen atoms in total. The lowest BCUT2D eigenvalue weighted by Gasteiger charge is -2.30. The Hall–Kier alpha value is -4.33. The van der Waals surface area contributed by atoms with E-state index in [1.165, 1.54) is 23.8 Å². The summed E-state index contributed by atoms with van der Waals surface area (Å²) < 4.78 is 11.8. The Labute approximate surface area is 240 Å². The van der Waals surface area contributed by atoms with E-state index in [1.807, 2.05) is 30.3 Å². The van der Waals surface area contributed by atoms with Gasteiger partial charge in [0.1, 0.15) is 11.5 Å². The second-order valence-electron chi connectivity index (χ2n) is 10.3. The van der Waals surface area contributed by atoms with E-state index in [4.69, 9.17) is 9.47 Å². The highest BCUT2D eigenvalue weighted by Crippen LogP contribution is 2.26. The number of aryl methyl sites for hydroxylation is 2. The lowest BCUT2D eigenvalue weighted by Crippen LogP contribution is -2.40. The molecule has 1 aliphatic heterocycles. The van der Waals surface area contributed by atoms with Crippen molar-refractivity contribution in [1.82, 2.24) is 4.90 Å². The highest BCUT2D eigenvalue weighted by molar-refractivity contribution is 6.00. The van der Waals surface area contributed by atoms with Crippen LogP contribution in [0.1, 0.15) is 63.9 Å². The molecular weight excluding hydrogens is 522 g/mol. The van der Waals surface area contributed by atoms with Crippen LogP contribution in [0, 0.1) is 5.92 Å². The smallest absolute Gasteiger partial charge is 0.335 e. The number of unbranched alkanes of at least 4 members (excludes halogenated alkanes) is 1. The maximum atomic E-state index is 13.2. The molecule has 0 aromatic heterocycles. The summed E-state index contributed by atoms with van der Waals surface area (Å²) >= 11 is 0. The van der Waals surface area contributed by atoms with Crippen LogP contribution < -0.4 is 9.47 Å². The molecule has 0 aliphatic carbocycles. The molecule has 0 radical (unpaired) electrons. The number of likely N-dealkylation sites (tertiary alicyclic amines) is 1. The van der Waals surface area contributed by atoms with E-state index in [2.05, 4.69) is 24.3 Å². The number of hydrogen-bond acceptors (Lipinski definition) is 5. The Bertz CT molecular complexity index is 1300. The fraction of sp³-hybridized carbons (Fsp3) is 0.364. The number of rotatable bonds is 14. The van der Waals surface area contributed by atoms with Gasteiger partial charge in [-0.25, -0.2) is 4.79 Å². The number of nitrogens with zero attached hydrogens (tertiary/aromatic N) is 1. The lowest BCUT2D eigenvalue weighted by atomic mass is 9.96. The number of ether oxygens (including phenoxy) is 2. The highest BCUT2D eigenvalue weighted by atomic mass is 16.5. The molecule has 2 N–H and O–H groups in total. The monoisotopic (exact) mass is 559 g/mol. The van der Waals surface area contributed by atoms with Crippen molar-refractivity contribution >= 4 is 17.8 Å². The highest BCUT2D eigenvalue weighted by Gasteiger charge is 2.29. The summed E-state index contributed by atoms with van der Waals surface area (Å²) in [5, 5.41) is 18.7. The Morgan fingerprint density at radius 3 is 2.10 bits per heavy atom. The zero-order chi connectivity index (χ0) is 29.0. The topological polar surface area (TPSA) is 113 Å². The van der Waals surface area contributed by atoms with Crippen molar-refractivity contribution in [1.29, 1.82) is 0 Å². The third kappa shape index (κ3) is 8.83. The molecule has 1 aliphatic rings. The second kappa shape index (κ2) is 14.9. The number of benzene rings is 3. The van der Waals surface area contributed by atoms with Gasteiger partial charge in [-0.3, -0.25) is 9.59 Å². The number of carbonyl (C=O) groups excluding carboxylic acids is 1. The van der Waals surface area contributed by atoms with Crippen LogP contribution in [-0.4, -0.2) is 59.3 Å². The van der Waals surface area contributed by atoms with Gasteiger partial charge in [-0.2, -0.15) is 0 Å². The molecule has 216 valence electrons. The molecule has 0 unspecified atom stereocenters. The molecule has 0 bridgehead atoms. The van der Waals surface area contributed by atoms with E-state index < -0.39 is 17.9 Å². The fourth-order valence-electron chi connectivity index (χ4n) is 4.93. The van der Waals surface area contributed by atoms with Crippen LogP contribution in [0.5, 0.6) is 11.5 Å². The molecule has 1 saturated heterocycles. The first-order valence-corrected chi connectivity index (χ1v) is 14.2. The third-order valence-electron chi connectivity index (χ3n) is 7.35. The fourth-order valence-corrected chi connectivity index (χ4v) is 4.93. The number of piperidine rings is 1. The van der Waals surface area contributed by atoms with Gasteiger partial charge < -0.3 is 24.6 Å². The Morgan fingerprint density at radius 1 is 0.756 bits per heavy atom. The first-order valence-electron chi connectivity index (χ1n) is 14.2. The molecule has 0 atom stereocenters. The average Bonchev–Trinajstić information content (AvgIpc) is 3.00. The minimum Gasteiger partial charge on any atom is -0.494 e. The molecule has 4 rings (SSSR count). The summed E-state index contributed by atoms with van der Waals surface area (Å²) in [4.78, 5) is 37.6. The van der Waals surface area contributed by atoms with Crippen LogP contribution in [0.15, 0.2) is 72.8 Å². The molecular formula is C33H37NO7.